The number of rotatable bonds is 4. The lowest BCUT2D eigenvalue weighted by Crippen LogP contribution is -2.20. The van der Waals surface area contributed by atoms with Gasteiger partial charge >= 0.3 is 0 Å². The highest BCUT2D eigenvalue weighted by atomic mass is 15.0. The van der Waals surface area contributed by atoms with E-state index in [1.54, 1.807) is 11.1 Å². The lowest BCUT2D eigenvalue weighted by atomic mass is 9.95. The largest absolute Gasteiger partial charge is 0.348 e. The van der Waals surface area contributed by atoms with Crippen molar-refractivity contribution < 1.29 is 0 Å². The van der Waals surface area contributed by atoms with Crippen molar-refractivity contribution in [2.75, 3.05) is 6.54 Å². The summed E-state index contributed by atoms with van der Waals surface area (Å²) in [4.78, 5) is 7.37. The van der Waals surface area contributed by atoms with Gasteiger partial charge in [0, 0.05) is 17.8 Å². The number of aromatic amines is 1. The molecular weight excluding hydrogens is 234 g/mol. The molecule has 2 aliphatic carbocycles. The zero-order chi connectivity index (χ0) is 12.7. The summed E-state index contributed by atoms with van der Waals surface area (Å²) in [5, 5.41) is 3.54. The molecule has 1 fully saturated rings. The molecule has 2 atom stereocenters. The van der Waals surface area contributed by atoms with Gasteiger partial charge in [-0.3, -0.25) is 0 Å². The number of fused-ring (bicyclic) bond motifs is 2. The molecule has 0 aliphatic heterocycles. The van der Waals surface area contributed by atoms with Gasteiger partial charge in [0.05, 0.1) is 6.54 Å². The first-order chi connectivity index (χ1) is 9.38. The Labute approximate surface area is 113 Å². The highest BCUT2D eigenvalue weighted by Crippen LogP contribution is 2.61. The zero-order valence-corrected chi connectivity index (χ0v) is 11.0. The highest BCUT2D eigenvalue weighted by molar-refractivity contribution is 5.45. The van der Waals surface area contributed by atoms with Crippen molar-refractivity contribution in [2.24, 2.45) is 5.92 Å². The molecule has 3 nitrogen and oxygen atoms in total. The van der Waals surface area contributed by atoms with E-state index in [-0.39, 0.29) is 0 Å². The third-order valence-corrected chi connectivity index (χ3v) is 4.86. The minimum absolute atomic E-state index is 0.507. The van der Waals surface area contributed by atoms with Crippen LogP contribution in [-0.2, 0) is 18.4 Å². The molecule has 1 aromatic heterocycles. The second-order valence-corrected chi connectivity index (χ2v) is 5.88. The molecule has 0 bridgehead atoms. The second kappa shape index (κ2) is 4.20. The number of imidazole rings is 1. The number of aromatic nitrogens is 2. The van der Waals surface area contributed by atoms with E-state index in [1.165, 1.54) is 19.3 Å². The van der Waals surface area contributed by atoms with Gasteiger partial charge in [-0.15, -0.1) is 0 Å². The molecule has 2 N–H and O–H groups in total. The summed E-state index contributed by atoms with van der Waals surface area (Å²) < 4.78 is 0. The molecule has 98 valence electrons. The Morgan fingerprint density at radius 3 is 3.21 bits per heavy atom. The van der Waals surface area contributed by atoms with Gasteiger partial charge in [-0.25, -0.2) is 4.98 Å². The van der Waals surface area contributed by atoms with Crippen LogP contribution < -0.4 is 5.32 Å². The number of hydrogen-bond acceptors (Lipinski definition) is 2. The van der Waals surface area contributed by atoms with Crippen molar-refractivity contribution in [1.29, 1.82) is 0 Å². The number of H-pyrrole nitrogens is 1. The third-order valence-electron chi connectivity index (χ3n) is 4.86. The number of nitrogens with one attached hydrogen (secondary N) is 2. The molecule has 0 radical (unpaired) electrons. The van der Waals surface area contributed by atoms with E-state index in [4.69, 9.17) is 0 Å². The minimum atomic E-state index is 0.507. The molecule has 1 heterocycles. The predicted octanol–water partition coefficient (Wildman–Crippen LogP) is 2.40. The maximum Gasteiger partial charge on any atom is 0.120 e. The van der Waals surface area contributed by atoms with E-state index in [0.29, 0.717) is 5.41 Å². The van der Waals surface area contributed by atoms with Crippen molar-refractivity contribution in [1.82, 2.24) is 15.3 Å². The fourth-order valence-electron chi connectivity index (χ4n) is 3.76. The van der Waals surface area contributed by atoms with E-state index in [2.05, 4.69) is 39.6 Å². The van der Waals surface area contributed by atoms with Crippen LogP contribution in [0.4, 0.5) is 0 Å². The molecule has 2 aromatic rings. The normalized spacial score (nSPS) is 27.7. The Morgan fingerprint density at radius 1 is 1.37 bits per heavy atom. The molecule has 0 saturated heterocycles. The summed E-state index contributed by atoms with van der Waals surface area (Å²) in [5.41, 5.74) is 3.71. The van der Waals surface area contributed by atoms with Gasteiger partial charge in [-0.2, -0.15) is 0 Å². The average molecular weight is 253 g/mol. The van der Waals surface area contributed by atoms with Crippen molar-refractivity contribution in [2.45, 2.75) is 31.2 Å². The maximum absolute atomic E-state index is 4.24. The molecule has 0 amide bonds. The van der Waals surface area contributed by atoms with Gasteiger partial charge in [-0.1, -0.05) is 24.3 Å². The molecule has 3 heteroatoms. The van der Waals surface area contributed by atoms with E-state index in [9.17, 15) is 0 Å². The molecule has 1 aromatic carbocycles. The van der Waals surface area contributed by atoms with E-state index >= 15 is 0 Å². The standard InChI is InChI=1S/C16H19N3/c1-2-4-14-12(3-1)5-6-16(14)9-13(16)10-17-11-15-18-7-8-19-15/h1-4,7-8,13,17H,5-6,9-11H2,(H,18,19)/t13-,16-/m0/s1. The molecule has 4 rings (SSSR count). The summed E-state index contributed by atoms with van der Waals surface area (Å²) >= 11 is 0. The first-order valence-electron chi connectivity index (χ1n) is 7.16. The number of hydrogen-bond donors (Lipinski definition) is 2. The Bertz CT molecular complexity index is 575. The fraction of sp³-hybridized carbons (Fsp3) is 0.438. The van der Waals surface area contributed by atoms with Gasteiger partial charge in [0.1, 0.15) is 5.82 Å². The summed E-state index contributed by atoms with van der Waals surface area (Å²) in [5.74, 6) is 1.84. The maximum atomic E-state index is 4.24. The van der Waals surface area contributed by atoms with Crippen LogP contribution in [0.2, 0.25) is 0 Å². The fourth-order valence-corrected chi connectivity index (χ4v) is 3.76. The van der Waals surface area contributed by atoms with E-state index in [1.807, 2.05) is 12.4 Å². The molecule has 1 spiro atoms. The van der Waals surface area contributed by atoms with Gasteiger partial charge in [0.2, 0.25) is 0 Å². The monoisotopic (exact) mass is 253 g/mol. The summed E-state index contributed by atoms with van der Waals surface area (Å²) in [6.45, 7) is 1.95. The van der Waals surface area contributed by atoms with E-state index in [0.717, 1.165) is 24.8 Å². The molecule has 2 aliphatic rings. The molecular formula is C16H19N3. The van der Waals surface area contributed by atoms with Crippen molar-refractivity contribution in [3.63, 3.8) is 0 Å². The lowest BCUT2D eigenvalue weighted by molar-refractivity contribution is 0.542. The van der Waals surface area contributed by atoms with Crippen molar-refractivity contribution >= 4 is 0 Å². The van der Waals surface area contributed by atoms with Crippen molar-refractivity contribution in [3.05, 3.63) is 53.6 Å². The first-order valence-corrected chi connectivity index (χ1v) is 7.16. The first kappa shape index (κ1) is 11.2. The smallest absolute Gasteiger partial charge is 0.120 e. The van der Waals surface area contributed by atoms with Gasteiger partial charge in [0.25, 0.3) is 0 Å². The Balaban J connectivity index is 1.39. The van der Waals surface area contributed by atoms with Crippen LogP contribution in [0.1, 0.15) is 29.8 Å². The average Bonchev–Trinajstić information content (AvgIpc) is 2.79. The summed E-state index contributed by atoms with van der Waals surface area (Å²) in [7, 11) is 0. The Kier molecular flexibility index (Phi) is 2.49. The number of nitrogens with zero attached hydrogens (tertiary/aromatic N) is 1. The van der Waals surface area contributed by atoms with Crippen LogP contribution >= 0.6 is 0 Å². The van der Waals surface area contributed by atoms with Gasteiger partial charge in [0.15, 0.2) is 0 Å². The van der Waals surface area contributed by atoms with Crippen molar-refractivity contribution in [3.8, 4) is 0 Å². The number of aryl methyl sites for hydroxylation is 1. The van der Waals surface area contributed by atoms with E-state index < -0.39 is 0 Å². The van der Waals surface area contributed by atoms with Crippen LogP contribution in [0.25, 0.3) is 0 Å². The molecule has 19 heavy (non-hydrogen) atoms. The summed E-state index contributed by atoms with van der Waals surface area (Å²) in [6.07, 6.45) is 7.66. The number of benzene rings is 1. The summed E-state index contributed by atoms with van der Waals surface area (Å²) in [6, 6.07) is 9.01. The topological polar surface area (TPSA) is 40.7 Å². The third kappa shape index (κ3) is 1.80. The second-order valence-electron chi connectivity index (χ2n) is 5.88. The Hall–Kier alpha value is -1.61. The van der Waals surface area contributed by atoms with Gasteiger partial charge in [-0.05, 0) is 42.9 Å². The van der Waals surface area contributed by atoms with Crippen LogP contribution in [0, 0.1) is 5.92 Å². The van der Waals surface area contributed by atoms with Crippen LogP contribution in [-0.4, -0.2) is 16.5 Å². The lowest BCUT2D eigenvalue weighted by Gasteiger charge is -2.11. The highest BCUT2D eigenvalue weighted by Gasteiger charge is 2.57. The Morgan fingerprint density at radius 2 is 2.32 bits per heavy atom. The van der Waals surface area contributed by atoms with Crippen LogP contribution in [0.15, 0.2) is 36.7 Å². The molecule has 1 saturated carbocycles. The SMILES string of the molecule is c1ccc2c(c1)CC[C@@]21C[C@H]1CNCc1ncc[nH]1. The van der Waals surface area contributed by atoms with Gasteiger partial charge < -0.3 is 10.3 Å². The van der Waals surface area contributed by atoms with Crippen LogP contribution in [0.3, 0.4) is 0 Å². The zero-order valence-electron chi connectivity index (χ0n) is 11.0. The molecule has 0 unspecified atom stereocenters. The predicted molar refractivity (Wildman–Crippen MR) is 74.8 cm³/mol. The quantitative estimate of drug-likeness (QED) is 0.878. The van der Waals surface area contributed by atoms with Crippen LogP contribution in [0.5, 0.6) is 0 Å². The minimum Gasteiger partial charge on any atom is -0.348 e.